The van der Waals surface area contributed by atoms with E-state index in [-0.39, 0.29) is 5.69 Å². The van der Waals surface area contributed by atoms with E-state index in [1.54, 1.807) is 30.5 Å². The van der Waals surface area contributed by atoms with Crippen LogP contribution in [0.4, 0.5) is 4.39 Å². The van der Waals surface area contributed by atoms with Crippen molar-refractivity contribution in [3.8, 4) is 11.3 Å². The molecule has 0 aliphatic rings. The summed E-state index contributed by atoms with van der Waals surface area (Å²) in [6.07, 6.45) is 1.58. The standard InChI is InChI=1S/C16H12FNOS/c1-20(19)15-9-5-3-7-12(15)16-13(17)10-11-6-2-4-8-14(11)18-16/h2-10H,1H3. The molecule has 3 aromatic rings. The highest BCUT2D eigenvalue weighted by atomic mass is 32.2. The van der Waals surface area contributed by atoms with Crippen LogP contribution in [0.3, 0.4) is 0 Å². The fourth-order valence-electron chi connectivity index (χ4n) is 2.19. The van der Waals surface area contributed by atoms with Gasteiger partial charge >= 0.3 is 0 Å². The van der Waals surface area contributed by atoms with Gasteiger partial charge in [-0.2, -0.15) is 0 Å². The predicted octanol–water partition coefficient (Wildman–Crippen LogP) is 3.78. The zero-order chi connectivity index (χ0) is 14.1. The van der Waals surface area contributed by atoms with Crippen molar-refractivity contribution in [2.75, 3.05) is 6.26 Å². The van der Waals surface area contributed by atoms with Gasteiger partial charge in [0, 0.05) is 22.1 Å². The summed E-state index contributed by atoms with van der Waals surface area (Å²) in [5.74, 6) is -0.401. The number of para-hydroxylation sites is 1. The summed E-state index contributed by atoms with van der Waals surface area (Å²) in [6, 6.07) is 15.9. The average molecular weight is 285 g/mol. The fraction of sp³-hybridized carbons (Fsp3) is 0.0625. The van der Waals surface area contributed by atoms with Crippen LogP contribution >= 0.6 is 0 Å². The maximum atomic E-state index is 14.3. The minimum Gasteiger partial charge on any atom is -0.255 e. The van der Waals surface area contributed by atoms with Crippen LogP contribution in [0.15, 0.2) is 59.5 Å². The first kappa shape index (κ1) is 12.9. The zero-order valence-electron chi connectivity index (χ0n) is 10.8. The Labute approximate surface area is 118 Å². The van der Waals surface area contributed by atoms with E-state index in [0.717, 1.165) is 10.9 Å². The van der Waals surface area contributed by atoms with Crippen molar-refractivity contribution < 1.29 is 8.60 Å². The number of halogens is 1. The summed E-state index contributed by atoms with van der Waals surface area (Å²) in [7, 11) is -1.19. The van der Waals surface area contributed by atoms with Crippen molar-refractivity contribution in [2.24, 2.45) is 0 Å². The summed E-state index contributed by atoms with van der Waals surface area (Å²) in [6.45, 7) is 0. The third kappa shape index (κ3) is 2.23. The molecular formula is C16H12FNOS. The molecule has 0 spiro atoms. The summed E-state index contributed by atoms with van der Waals surface area (Å²) in [5, 5.41) is 0.754. The second-order valence-corrected chi connectivity index (χ2v) is 5.81. The van der Waals surface area contributed by atoms with E-state index < -0.39 is 16.6 Å². The number of aromatic nitrogens is 1. The first-order valence-corrected chi connectivity index (χ1v) is 7.71. The second-order valence-electron chi connectivity index (χ2n) is 4.46. The van der Waals surface area contributed by atoms with E-state index in [1.165, 1.54) is 6.07 Å². The van der Waals surface area contributed by atoms with Gasteiger partial charge in [0.05, 0.1) is 16.3 Å². The van der Waals surface area contributed by atoms with Crippen molar-refractivity contribution in [1.82, 2.24) is 4.98 Å². The van der Waals surface area contributed by atoms with Gasteiger partial charge < -0.3 is 0 Å². The molecule has 1 atom stereocenters. The first-order valence-electron chi connectivity index (χ1n) is 6.15. The molecule has 0 fully saturated rings. The number of rotatable bonds is 2. The van der Waals surface area contributed by atoms with Crippen LogP contribution in [0.5, 0.6) is 0 Å². The Bertz CT molecular complexity index is 816. The van der Waals surface area contributed by atoms with Crippen molar-refractivity contribution in [3.63, 3.8) is 0 Å². The lowest BCUT2D eigenvalue weighted by atomic mass is 10.1. The Hall–Kier alpha value is -2.07. The lowest BCUT2D eigenvalue weighted by Crippen LogP contribution is -1.96. The number of benzene rings is 2. The van der Waals surface area contributed by atoms with Gasteiger partial charge in [-0.1, -0.05) is 36.4 Å². The monoisotopic (exact) mass is 285 g/mol. The number of fused-ring (bicyclic) bond motifs is 1. The molecule has 100 valence electrons. The third-order valence-corrected chi connectivity index (χ3v) is 4.10. The average Bonchev–Trinajstić information content (AvgIpc) is 2.46. The maximum Gasteiger partial charge on any atom is 0.150 e. The molecule has 1 unspecified atom stereocenters. The van der Waals surface area contributed by atoms with Gasteiger partial charge in [0.1, 0.15) is 11.5 Å². The number of hydrogen-bond donors (Lipinski definition) is 0. The van der Waals surface area contributed by atoms with Gasteiger partial charge in [-0.25, -0.2) is 9.37 Å². The van der Waals surface area contributed by atoms with E-state index in [1.807, 2.05) is 24.3 Å². The van der Waals surface area contributed by atoms with Crippen molar-refractivity contribution in [2.45, 2.75) is 4.90 Å². The zero-order valence-corrected chi connectivity index (χ0v) is 11.7. The number of nitrogens with zero attached hydrogens (tertiary/aromatic N) is 1. The minimum atomic E-state index is -1.19. The topological polar surface area (TPSA) is 30.0 Å². The molecule has 0 bridgehead atoms. The smallest absolute Gasteiger partial charge is 0.150 e. The van der Waals surface area contributed by atoms with E-state index >= 15 is 0 Å². The Morgan fingerprint density at radius 1 is 1.05 bits per heavy atom. The summed E-state index contributed by atoms with van der Waals surface area (Å²) >= 11 is 0. The molecule has 0 N–H and O–H groups in total. The summed E-state index contributed by atoms with van der Waals surface area (Å²) in [4.78, 5) is 4.97. The normalized spacial score (nSPS) is 12.5. The first-order chi connectivity index (χ1) is 9.66. The molecule has 2 nitrogen and oxygen atoms in total. The highest BCUT2D eigenvalue weighted by Gasteiger charge is 2.14. The van der Waals surface area contributed by atoms with Crippen LogP contribution in [0.2, 0.25) is 0 Å². The molecule has 0 saturated carbocycles. The Balaban J connectivity index is 2.29. The van der Waals surface area contributed by atoms with E-state index in [2.05, 4.69) is 4.98 Å². The van der Waals surface area contributed by atoms with Crippen LogP contribution < -0.4 is 0 Å². The maximum absolute atomic E-state index is 14.3. The van der Waals surface area contributed by atoms with Crippen LogP contribution in [-0.2, 0) is 10.8 Å². The third-order valence-electron chi connectivity index (χ3n) is 3.13. The quantitative estimate of drug-likeness (QED) is 0.717. The molecule has 2 aromatic carbocycles. The predicted molar refractivity (Wildman–Crippen MR) is 79.5 cm³/mol. The van der Waals surface area contributed by atoms with Crippen molar-refractivity contribution in [3.05, 3.63) is 60.4 Å². The SMILES string of the molecule is CS(=O)c1ccccc1-c1nc2ccccc2cc1F. The van der Waals surface area contributed by atoms with Gasteiger partial charge in [-0.05, 0) is 18.2 Å². The highest BCUT2D eigenvalue weighted by Crippen LogP contribution is 2.28. The van der Waals surface area contributed by atoms with E-state index in [4.69, 9.17) is 0 Å². The van der Waals surface area contributed by atoms with Crippen LogP contribution in [0, 0.1) is 5.82 Å². The molecule has 4 heteroatoms. The number of pyridine rings is 1. The van der Waals surface area contributed by atoms with Crippen molar-refractivity contribution in [1.29, 1.82) is 0 Å². The summed E-state index contributed by atoms with van der Waals surface area (Å²) in [5.41, 5.74) is 1.55. The van der Waals surface area contributed by atoms with E-state index in [0.29, 0.717) is 10.5 Å². The summed E-state index contributed by atoms with van der Waals surface area (Å²) < 4.78 is 26.1. The molecule has 0 aliphatic heterocycles. The fourth-order valence-corrected chi connectivity index (χ4v) is 2.94. The van der Waals surface area contributed by atoms with Gasteiger partial charge in [0.25, 0.3) is 0 Å². The van der Waals surface area contributed by atoms with Crippen molar-refractivity contribution >= 4 is 21.7 Å². The lowest BCUT2D eigenvalue weighted by molar-refractivity contribution is 0.628. The lowest BCUT2D eigenvalue weighted by Gasteiger charge is -2.09. The largest absolute Gasteiger partial charge is 0.255 e. The van der Waals surface area contributed by atoms with Gasteiger partial charge in [-0.15, -0.1) is 0 Å². The molecule has 0 aliphatic carbocycles. The molecular weight excluding hydrogens is 273 g/mol. The van der Waals surface area contributed by atoms with E-state index in [9.17, 15) is 8.60 Å². The molecule has 1 aromatic heterocycles. The second kappa shape index (κ2) is 5.13. The molecule has 20 heavy (non-hydrogen) atoms. The molecule has 0 saturated heterocycles. The molecule has 0 radical (unpaired) electrons. The van der Waals surface area contributed by atoms with Crippen LogP contribution in [-0.4, -0.2) is 15.4 Å². The minimum absolute atomic E-state index is 0.245. The Morgan fingerprint density at radius 3 is 2.55 bits per heavy atom. The van der Waals surface area contributed by atoms with Gasteiger partial charge in [-0.3, -0.25) is 4.21 Å². The molecule has 0 amide bonds. The Kier molecular flexibility index (Phi) is 3.32. The molecule has 1 heterocycles. The number of hydrogen-bond acceptors (Lipinski definition) is 2. The van der Waals surface area contributed by atoms with Gasteiger partial charge in [0.15, 0.2) is 0 Å². The van der Waals surface area contributed by atoms with Gasteiger partial charge in [0.2, 0.25) is 0 Å². The van der Waals surface area contributed by atoms with Crippen LogP contribution in [0.1, 0.15) is 0 Å². The Morgan fingerprint density at radius 2 is 1.75 bits per heavy atom. The van der Waals surface area contributed by atoms with Crippen LogP contribution in [0.25, 0.3) is 22.2 Å². The highest BCUT2D eigenvalue weighted by molar-refractivity contribution is 7.84. The molecule has 3 rings (SSSR count).